The van der Waals surface area contributed by atoms with Crippen LogP contribution in [0.3, 0.4) is 0 Å². The molecule has 3 unspecified atom stereocenters. The highest BCUT2D eigenvalue weighted by Gasteiger charge is 2.44. The molecule has 3 atom stereocenters. The van der Waals surface area contributed by atoms with Gasteiger partial charge >= 0.3 is 0 Å². The van der Waals surface area contributed by atoms with Crippen molar-refractivity contribution in [3.8, 4) is 0 Å². The van der Waals surface area contributed by atoms with E-state index in [1.165, 1.54) is 0 Å². The van der Waals surface area contributed by atoms with Gasteiger partial charge in [-0.3, -0.25) is 15.0 Å². The number of hydrogen-bond acceptors (Lipinski definition) is 4. The van der Waals surface area contributed by atoms with Gasteiger partial charge in [0, 0.05) is 30.2 Å². The Morgan fingerprint density at radius 1 is 1.14 bits per heavy atom. The maximum absolute atomic E-state index is 13.2. The zero-order valence-corrected chi connectivity index (χ0v) is 18.0. The molecule has 1 heterocycles. The van der Waals surface area contributed by atoms with E-state index in [0.717, 1.165) is 31.2 Å². The van der Waals surface area contributed by atoms with E-state index < -0.39 is 0 Å². The summed E-state index contributed by atoms with van der Waals surface area (Å²) in [5.41, 5.74) is 8.20. The molecule has 152 valence electrons. The normalized spacial score (nSPS) is 27.1. The number of halogens is 1. The molecule has 6 nitrogen and oxygen atoms in total. The fourth-order valence-electron chi connectivity index (χ4n) is 3.69. The van der Waals surface area contributed by atoms with Gasteiger partial charge in [-0.05, 0) is 49.3 Å². The van der Waals surface area contributed by atoms with Crippen molar-refractivity contribution in [3.05, 3.63) is 35.4 Å². The van der Waals surface area contributed by atoms with E-state index in [0.29, 0.717) is 30.1 Å². The van der Waals surface area contributed by atoms with E-state index in [-0.39, 0.29) is 28.7 Å². The number of alkyl halides is 1. The largest absolute Gasteiger partial charge is 0.349 e. The lowest BCUT2D eigenvalue weighted by Crippen LogP contribution is -2.48. The summed E-state index contributed by atoms with van der Waals surface area (Å²) in [4.78, 5) is 27.5. The second-order valence-corrected chi connectivity index (χ2v) is 9.68. The van der Waals surface area contributed by atoms with E-state index in [1.807, 2.05) is 29.2 Å². The van der Waals surface area contributed by atoms with Crippen LogP contribution in [-0.4, -0.2) is 45.7 Å². The maximum atomic E-state index is 13.2. The lowest BCUT2D eigenvalue weighted by Gasteiger charge is -2.27. The first kappa shape index (κ1) is 19.9. The number of hydrogen-bond donors (Lipinski definition) is 3. The second kappa shape index (κ2) is 8.13. The Morgan fingerprint density at radius 3 is 2.36 bits per heavy atom. The summed E-state index contributed by atoms with van der Waals surface area (Å²) in [7, 11) is 0. The molecule has 7 heteroatoms. The highest BCUT2D eigenvalue weighted by atomic mass is 79.9. The number of benzene rings is 1. The van der Waals surface area contributed by atoms with Crippen molar-refractivity contribution >= 4 is 27.7 Å². The highest BCUT2D eigenvalue weighted by Crippen LogP contribution is 2.31. The molecule has 1 saturated heterocycles. The monoisotopic (exact) mass is 448 g/mol. The topological polar surface area (TPSA) is 73.5 Å². The summed E-state index contributed by atoms with van der Waals surface area (Å²) >= 11 is 3.73. The average Bonchev–Trinajstić information content (AvgIpc) is 3.59. The van der Waals surface area contributed by atoms with E-state index in [2.05, 4.69) is 45.9 Å². The van der Waals surface area contributed by atoms with Gasteiger partial charge in [-0.2, -0.15) is 0 Å². The zero-order chi connectivity index (χ0) is 19.8. The maximum Gasteiger partial charge on any atom is 0.251 e. The summed E-state index contributed by atoms with van der Waals surface area (Å²) in [5, 5.41) is 3.01. The standard InChI is InChI=1S/C21H29BrN4O2/c1-12(2)18-17(22)19(25-24-18)21(28)26(16-9-10-16)11-13-3-5-14(6-4-13)20(27)23-15-7-8-15/h3-6,12,15-19,24-25H,7-11H2,1-2H3,(H,23,27). The minimum absolute atomic E-state index is 0.00716. The van der Waals surface area contributed by atoms with Gasteiger partial charge in [0.1, 0.15) is 6.04 Å². The summed E-state index contributed by atoms with van der Waals surface area (Å²) in [6.45, 7) is 4.89. The number of carbonyl (C=O) groups is 2. The highest BCUT2D eigenvalue weighted by molar-refractivity contribution is 9.09. The van der Waals surface area contributed by atoms with Crippen molar-refractivity contribution in [2.75, 3.05) is 0 Å². The lowest BCUT2D eigenvalue weighted by atomic mass is 9.98. The number of amides is 2. The number of nitrogens with zero attached hydrogens (tertiary/aromatic N) is 1. The SMILES string of the molecule is CC(C)C1NNC(C(=O)N(Cc2ccc(C(=O)NC3CC3)cc2)C2CC2)C1Br. The molecule has 4 rings (SSSR count). The first-order valence-corrected chi connectivity index (χ1v) is 11.2. The Morgan fingerprint density at radius 2 is 1.82 bits per heavy atom. The van der Waals surface area contributed by atoms with Gasteiger partial charge < -0.3 is 10.2 Å². The van der Waals surface area contributed by atoms with Crippen molar-refractivity contribution in [1.29, 1.82) is 0 Å². The molecule has 3 aliphatic rings. The fraction of sp³-hybridized carbons (Fsp3) is 0.619. The summed E-state index contributed by atoms with van der Waals surface area (Å²) in [5.74, 6) is 0.557. The van der Waals surface area contributed by atoms with Crippen LogP contribution in [0.2, 0.25) is 0 Å². The smallest absolute Gasteiger partial charge is 0.251 e. The lowest BCUT2D eigenvalue weighted by molar-refractivity contribution is -0.134. The Labute approximate surface area is 174 Å². The van der Waals surface area contributed by atoms with Crippen molar-refractivity contribution in [2.24, 2.45) is 5.92 Å². The molecule has 1 aliphatic heterocycles. The molecule has 3 N–H and O–H groups in total. The van der Waals surface area contributed by atoms with Gasteiger partial charge in [0.2, 0.25) is 5.91 Å². The second-order valence-electron chi connectivity index (χ2n) is 8.62. The van der Waals surface area contributed by atoms with E-state index in [9.17, 15) is 9.59 Å². The molecule has 28 heavy (non-hydrogen) atoms. The van der Waals surface area contributed by atoms with Crippen LogP contribution in [0.25, 0.3) is 0 Å². The minimum Gasteiger partial charge on any atom is -0.349 e. The molecule has 0 bridgehead atoms. The average molecular weight is 449 g/mol. The molecule has 2 amide bonds. The molecule has 3 fully saturated rings. The molecular formula is C21H29BrN4O2. The van der Waals surface area contributed by atoms with Crippen LogP contribution >= 0.6 is 15.9 Å². The number of carbonyl (C=O) groups excluding carboxylic acids is 2. The van der Waals surface area contributed by atoms with Crippen molar-refractivity contribution in [1.82, 2.24) is 21.1 Å². The van der Waals surface area contributed by atoms with Crippen LogP contribution in [0.4, 0.5) is 0 Å². The van der Waals surface area contributed by atoms with Crippen LogP contribution < -0.4 is 16.2 Å². The molecular weight excluding hydrogens is 420 g/mol. The van der Waals surface area contributed by atoms with E-state index in [4.69, 9.17) is 0 Å². The molecule has 0 radical (unpaired) electrons. The van der Waals surface area contributed by atoms with Crippen molar-refractivity contribution in [2.45, 2.75) is 75.1 Å². The molecule has 0 spiro atoms. The zero-order valence-electron chi connectivity index (χ0n) is 16.5. The van der Waals surface area contributed by atoms with Gasteiger partial charge in [-0.1, -0.05) is 41.9 Å². The summed E-state index contributed by atoms with van der Waals surface area (Å²) in [6.07, 6.45) is 4.29. The van der Waals surface area contributed by atoms with Crippen LogP contribution in [0, 0.1) is 5.92 Å². The van der Waals surface area contributed by atoms with Crippen LogP contribution in [0.1, 0.15) is 55.5 Å². The van der Waals surface area contributed by atoms with Crippen LogP contribution in [0.15, 0.2) is 24.3 Å². The first-order valence-electron chi connectivity index (χ1n) is 10.3. The summed E-state index contributed by atoms with van der Waals surface area (Å²) < 4.78 is 0. The van der Waals surface area contributed by atoms with Crippen molar-refractivity contribution < 1.29 is 9.59 Å². The van der Waals surface area contributed by atoms with Crippen LogP contribution in [0.5, 0.6) is 0 Å². The van der Waals surface area contributed by atoms with E-state index >= 15 is 0 Å². The van der Waals surface area contributed by atoms with Gasteiger partial charge in [-0.15, -0.1) is 0 Å². The third-order valence-corrected chi connectivity index (χ3v) is 6.90. The molecule has 2 aliphatic carbocycles. The van der Waals surface area contributed by atoms with Crippen molar-refractivity contribution in [3.63, 3.8) is 0 Å². The number of rotatable bonds is 7. The van der Waals surface area contributed by atoms with Crippen LogP contribution in [-0.2, 0) is 11.3 Å². The predicted molar refractivity (Wildman–Crippen MR) is 112 cm³/mol. The van der Waals surface area contributed by atoms with E-state index in [1.54, 1.807) is 0 Å². The third-order valence-electron chi connectivity index (χ3n) is 5.80. The quantitative estimate of drug-likeness (QED) is 0.559. The van der Waals surface area contributed by atoms with Gasteiger partial charge in [0.25, 0.3) is 5.91 Å². The number of nitrogens with one attached hydrogen (secondary N) is 3. The molecule has 2 saturated carbocycles. The van der Waals surface area contributed by atoms with Gasteiger partial charge in [0.15, 0.2) is 0 Å². The Balaban J connectivity index is 1.41. The Bertz CT molecular complexity index is 730. The number of hydrazine groups is 1. The third kappa shape index (κ3) is 4.42. The molecule has 0 aromatic heterocycles. The van der Waals surface area contributed by atoms with Gasteiger partial charge in [0.05, 0.1) is 4.83 Å². The Kier molecular flexibility index (Phi) is 5.76. The first-order chi connectivity index (χ1) is 13.4. The molecule has 1 aromatic carbocycles. The fourth-order valence-corrected chi connectivity index (χ4v) is 4.79. The predicted octanol–water partition coefficient (Wildman–Crippen LogP) is 2.33. The minimum atomic E-state index is -0.267. The van der Waals surface area contributed by atoms with Gasteiger partial charge in [-0.25, -0.2) is 5.43 Å². The Hall–Kier alpha value is -1.44. The summed E-state index contributed by atoms with van der Waals surface area (Å²) in [6, 6.07) is 8.29. The molecule has 1 aromatic rings.